The van der Waals surface area contributed by atoms with Gasteiger partial charge in [0, 0.05) is 6.42 Å². The fourth-order valence-electron chi connectivity index (χ4n) is 2.16. The summed E-state index contributed by atoms with van der Waals surface area (Å²) in [5, 5.41) is 0. The Morgan fingerprint density at radius 3 is 2.00 bits per heavy atom. The molecule has 1 aromatic carbocycles. The van der Waals surface area contributed by atoms with Crippen LogP contribution in [0.4, 0.5) is 0 Å². The van der Waals surface area contributed by atoms with E-state index >= 15 is 0 Å². The summed E-state index contributed by atoms with van der Waals surface area (Å²) in [6.45, 7) is 8.41. The predicted molar refractivity (Wildman–Crippen MR) is 106 cm³/mol. The molecule has 0 aliphatic carbocycles. The molecule has 0 bridgehead atoms. The Morgan fingerprint density at radius 2 is 1.56 bits per heavy atom. The first kappa shape index (κ1) is 24.1. The second-order valence-corrected chi connectivity index (χ2v) is 10.00. The molecule has 0 N–H and O–H groups in total. The van der Waals surface area contributed by atoms with E-state index < -0.39 is 10.1 Å². The van der Waals surface area contributed by atoms with E-state index in [9.17, 15) is 17.8 Å². The molecular weight excluding hydrogens is 356 g/mol. The number of aryl methyl sites for hydroxylation is 1. The molecule has 0 amide bonds. The van der Waals surface area contributed by atoms with Crippen molar-refractivity contribution >= 4 is 26.8 Å². The van der Waals surface area contributed by atoms with Crippen LogP contribution in [0.1, 0.15) is 58.4 Å². The van der Waals surface area contributed by atoms with Gasteiger partial charge in [-0.25, -0.2) is 8.42 Å². The fraction of sp³-hybridized carbons (Fsp3) is 0.632. The summed E-state index contributed by atoms with van der Waals surface area (Å²) in [4.78, 5) is 11.4. The number of benzene rings is 1. The third-order valence-electron chi connectivity index (χ3n) is 3.80. The molecule has 144 valence electrons. The van der Waals surface area contributed by atoms with Gasteiger partial charge in [-0.3, -0.25) is 4.79 Å². The van der Waals surface area contributed by atoms with E-state index in [2.05, 4.69) is 20.8 Å². The standard InChI is InChI=1S/C12H25OS.C7H8O3S/c1-4-7-8-9-10-12(13)11-14(5-2)6-3;1-6-2-4-7(5-3-6)11(8,9)10/h4-11H2,1-3H3;2-5H,1H3,(H,8,9,10)/q+1;/p-1. The maximum Gasteiger partial charge on any atom is 0.181 e. The lowest BCUT2D eigenvalue weighted by Gasteiger charge is -2.05. The van der Waals surface area contributed by atoms with Crippen molar-refractivity contribution in [2.45, 2.75) is 64.7 Å². The Kier molecular flexibility index (Phi) is 12.9. The van der Waals surface area contributed by atoms with Crippen molar-refractivity contribution in [3.05, 3.63) is 29.8 Å². The van der Waals surface area contributed by atoms with Gasteiger partial charge >= 0.3 is 0 Å². The van der Waals surface area contributed by atoms with Gasteiger partial charge in [0.05, 0.1) is 4.90 Å². The fourth-order valence-corrected chi connectivity index (χ4v) is 4.05. The molecule has 0 unspecified atom stereocenters. The molecule has 0 fully saturated rings. The number of hydrogen-bond donors (Lipinski definition) is 0. The molecule has 0 aliphatic heterocycles. The average molecular weight is 389 g/mol. The Bertz CT molecular complexity index is 576. The number of Topliss-reactive ketones (excluding diaryl/α,β-unsaturated/α-hetero) is 1. The molecule has 4 nitrogen and oxygen atoms in total. The van der Waals surface area contributed by atoms with Gasteiger partial charge in [0.25, 0.3) is 0 Å². The Hall–Kier alpha value is -0.850. The number of carbonyl (C=O) groups excluding carboxylic acids is 1. The Morgan fingerprint density at radius 1 is 1.00 bits per heavy atom. The third kappa shape index (κ3) is 12.2. The van der Waals surface area contributed by atoms with Crippen LogP contribution in [0.2, 0.25) is 0 Å². The topological polar surface area (TPSA) is 74.3 Å². The Labute approximate surface area is 156 Å². The highest BCUT2D eigenvalue weighted by Crippen LogP contribution is 2.08. The van der Waals surface area contributed by atoms with Gasteiger partial charge in [-0.15, -0.1) is 0 Å². The maximum absolute atomic E-state index is 11.5. The van der Waals surface area contributed by atoms with Crippen LogP contribution in [0, 0.1) is 6.92 Å². The van der Waals surface area contributed by atoms with E-state index in [-0.39, 0.29) is 4.90 Å². The van der Waals surface area contributed by atoms with E-state index in [1.165, 1.54) is 42.9 Å². The highest BCUT2D eigenvalue weighted by Gasteiger charge is 2.17. The van der Waals surface area contributed by atoms with Gasteiger partial charge in [-0.05, 0) is 50.2 Å². The summed E-state index contributed by atoms with van der Waals surface area (Å²) in [5.74, 6) is 3.70. The summed E-state index contributed by atoms with van der Waals surface area (Å²) in [6, 6.07) is 5.78. The van der Waals surface area contributed by atoms with Gasteiger partial charge in [-0.1, -0.05) is 43.9 Å². The minimum absolute atomic E-state index is 0.178. The van der Waals surface area contributed by atoms with Gasteiger partial charge in [0.1, 0.15) is 21.6 Å². The molecule has 1 aromatic rings. The SMILES string of the molecule is CCCCCCC(=O)C[S+](CC)CC.Cc1ccc(S(=O)(=O)[O-])cc1. The minimum Gasteiger partial charge on any atom is -0.744 e. The predicted octanol–water partition coefficient (Wildman–Crippen LogP) is 4.08. The van der Waals surface area contributed by atoms with E-state index in [0.717, 1.165) is 24.2 Å². The van der Waals surface area contributed by atoms with Crippen molar-refractivity contribution in [2.75, 3.05) is 17.3 Å². The molecule has 0 saturated carbocycles. The zero-order valence-corrected chi connectivity index (χ0v) is 17.5. The minimum atomic E-state index is -4.27. The molecular formula is C19H32O4S2. The number of hydrogen-bond acceptors (Lipinski definition) is 4. The zero-order valence-electron chi connectivity index (χ0n) is 15.9. The molecule has 1 rings (SSSR count). The van der Waals surface area contributed by atoms with E-state index in [1.54, 1.807) is 12.1 Å². The molecule has 0 aliphatic rings. The van der Waals surface area contributed by atoms with E-state index in [1.807, 2.05) is 6.92 Å². The molecule has 0 atom stereocenters. The van der Waals surface area contributed by atoms with E-state index in [0.29, 0.717) is 16.7 Å². The van der Waals surface area contributed by atoms with Crippen LogP contribution >= 0.6 is 0 Å². The van der Waals surface area contributed by atoms with Crippen LogP contribution in [-0.2, 0) is 25.8 Å². The van der Waals surface area contributed by atoms with Crippen LogP contribution in [-0.4, -0.2) is 36.0 Å². The number of carbonyl (C=O) groups is 1. The van der Waals surface area contributed by atoms with Crippen LogP contribution in [0.5, 0.6) is 0 Å². The monoisotopic (exact) mass is 388 g/mol. The molecule has 0 saturated heterocycles. The maximum atomic E-state index is 11.5. The van der Waals surface area contributed by atoms with Crippen LogP contribution in [0.15, 0.2) is 29.2 Å². The van der Waals surface area contributed by atoms with Crippen molar-refractivity contribution in [1.29, 1.82) is 0 Å². The summed E-state index contributed by atoms with van der Waals surface area (Å²) >= 11 is 0. The lowest BCUT2D eigenvalue weighted by molar-refractivity contribution is -0.116. The molecule has 0 aromatic heterocycles. The summed E-state index contributed by atoms with van der Waals surface area (Å²) < 4.78 is 31.2. The first-order chi connectivity index (χ1) is 11.7. The largest absolute Gasteiger partial charge is 0.744 e. The zero-order chi connectivity index (χ0) is 19.3. The first-order valence-electron chi connectivity index (χ1n) is 8.92. The summed E-state index contributed by atoms with van der Waals surface area (Å²) in [7, 11) is -3.89. The smallest absolute Gasteiger partial charge is 0.181 e. The van der Waals surface area contributed by atoms with Crippen molar-refractivity contribution in [3.63, 3.8) is 0 Å². The molecule has 0 spiro atoms. The molecule has 6 heteroatoms. The normalized spacial score (nSPS) is 11.1. The van der Waals surface area contributed by atoms with E-state index in [4.69, 9.17) is 0 Å². The number of unbranched alkanes of at least 4 members (excludes halogenated alkanes) is 3. The molecule has 0 radical (unpaired) electrons. The highest BCUT2D eigenvalue weighted by molar-refractivity contribution is 7.97. The lowest BCUT2D eigenvalue weighted by Crippen LogP contribution is -2.19. The molecule has 25 heavy (non-hydrogen) atoms. The van der Waals surface area contributed by atoms with Gasteiger partial charge < -0.3 is 4.55 Å². The van der Waals surface area contributed by atoms with Crippen LogP contribution in [0.3, 0.4) is 0 Å². The second kappa shape index (κ2) is 13.4. The number of rotatable bonds is 10. The van der Waals surface area contributed by atoms with Crippen molar-refractivity contribution in [1.82, 2.24) is 0 Å². The van der Waals surface area contributed by atoms with Crippen LogP contribution < -0.4 is 0 Å². The lowest BCUT2D eigenvalue weighted by atomic mass is 10.1. The first-order valence-corrected chi connectivity index (χ1v) is 12.1. The van der Waals surface area contributed by atoms with Gasteiger partial charge in [0.15, 0.2) is 11.5 Å². The highest BCUT2D eigenvalue weighted by atomic mass is 32.2. The van der Waals surface area contributed by atoms with Gasteiger partial charge in [-0.2, -0.15) is 0 Å². The third-order valence-corrected chi connectivity index (χ3v) is 7.01. The van der Waals surface area contributed by atoms with Crippen molar-refractivity contribution < 1.29 is 17.8 Å². The second-order valence-electron chi connectivity index (χ2n) is 5.95. The average Bonchev–Trinajstić information content (AvgIpc) is 2.57. The van der Waals surface area contributed by atoms with Gasteiger partial charge in [0.2, 0.25) is 0 Å². The Balaban J connectivity index is 0.000000472. The summed E-state index contributed by atoms with van der Waals surface area (Å²) in [5.41, 5.74) is 0.928. The quantitative estimate of drug-likeness (QED) is 0.344. The van der Waals surface area contributed by atoms with Crippen molar-refractivity contribution in [2.24, 2.45) is 0 Å². The van der Waals surface area contributed by atoms with Crippen LogP contribution in [0.25, 0.3) is 0 Å². The number of ketones is 1. The summed E-state index contributed by atoms with van der Waals surface area (Å²) in [6.07, 6.45) is 5.69. The molecule has 0 heterocycles. The van der Waals surface area contributed by atoms with Crippen molar-refractivity contribution in [3.8, 4) is 0 Å².